The number of rotatable bonds is 10. The highest BCUT2D eigenvalue weighted by Crippen LogP contribution is 2.42. The van der Waals surface area contributed by atoms with Crippen molar-refractivity contribution in [1.29, 1.82) is 0 Å². The van der Waals surface area contributed by atoms with Gasteiger partial charge in [-0.3, -0.25) is 0 Å². The van der Waals surface area contributed by atoms with E-state index in [0.717, 1.165) is 42.9 Å². The number of carbonyl (C=O) groups is 1. The van der Waals surface area contributed by atoms with Crippen LogP contribution in [0.2, 0.25) is 0 Å². The number of esters is 1. The Morgan fingerprint density at radius 3 is 1.90 bits per heavy atom. The second kappa shape index (κ2) is 12.5. The van der Waals surface area contributed by atoms with Gasteiger partial charge in [0.2, 0.25) is 0 Å². The van der Waals surface area contributed by atoms with Crippen LogP contribution in [0.3, 0.4) is 0 Å². The van der Waals surface area contributed by atoms with Gasteiger partial charge in [0.15, 0.2) is 0 Å². The van der Waals surface area contributed by atoms with Gasteiger partial charge < -0.3 is 4.74 Å². The van der Waals surface area contributed by atoms with Crippen molar-refractivity contribution in [3.63, 3.8) is 0 Å². The lowest BCUT2D eigenvalue weighted by Crippen LogP contribution is -2.26. The summed E-state index contributed by atoms with van der Waals surface area (Å²) >= 11 is 0. The van der Waals surface area contributed by atoms with Gasteiger partial charge in [-0.1, -0.05) is 70.9 Å². The van der Waals surface area contributed by atoms with E-state index in [9.17, 15) is 4.79 Å². The summed E-state index contributed by atoms with van der Waals surface area (Å²) in [5, 5.41) is 0. The third-order valence-corrected chi connectivity index (χ3v) is 7.91. The molecule has 1 aromatic rings. The molecule has 0 atom stereocenters. The molecule has 0 heterocycles. The molecule has 0 aliphatic heterocycles. The molecule has 0 bridgehead atoms. The molecular weight excluding hydrogens is 368 g/mol. The minimum Gasteiger partial charge on any atom is -0.462 e. The van der Waals surface area contributed by atoms with E-state index in [1.54, 1.807) is 0 Å². The highest BCUT2D eigenvalue weighted by Gasteiger charge is 2.30. The largest absolute Gasteiger partial charge is 0.462 e. The lowest BCUT2D eigenvalue weighted by molar-refractivity contribution is 0.0499. The summed E-state index contributed by atoms with van der Waals surface area (Å²) < 4.78 is 5.30. The Kier molecular flexibility index (Phi) is 9.75. The normalized spacial score (nSPS) is 27.0. The fourth-order valence-corrected chi connectivity index (χ4v) is 5.88. The monoisotopic (exact) mass is 412 g/mol. The van der Waals surface area contributed by atoms with Gasteiger partial charge in [-0.25, -0.2) is 4.79 Å². The first-order chi connectivity index (χ1) is 14.7. The van der Waals surface area contributed by atoms with E-state index in [2.05, 4.69) is 26.0 Å². The van der Waals surface area contributed by atoms with Gasteiger partial charge in [0.1, 0.15) is 0 Å². The number of ether oxygens (including phenoxy) is 1. The number of aryl methyl sites for hydroxylation is 1. The smallest absolute Gasteiger partial charge is 0.338 e. The molecular formula is C28H44O2. The molecule has 2 aliphatic rings. The van der Waals surface area contributed by atoms with Crippen LogP contribution in [0, 0.1) is 23.7 Å². The summed E-state index contributed by atoms with van der Waals surface area (Å²) in [5.74, 6) is 3.80. The fraction of sp³-hybridized carbons (Fsp3) is 0.750. The summed E-state index contributed by atoms with van der Waals surface area (Å²) in [5.41, 5.74) is 2.04. The molecule has 0 spiro atoms. The molecule has 0 N–H and O–H groups in total. The average Bonchev–Trinajstić information content (AvgIpc) is 2.79. The van der Waals surface area contributed by atoms with Crippen LogP contribution in [0.5, 0.6) is 0 Å². The summed E-state index contributed by atoms with van der Waals surface area (Å²) in [6.45, 7) is 4.97. The van der Waals surface area contributed by atoms with E-state index in [1.807, 2.05) is 12.1 Å². The predicted octanol–water partition coefficient (Wildman–Crippen LogP) is 7.99. The van der Waals surface area contributed by atoms with Gasteiger partial charge in [-0.15, -0.1) is 0 Å². The molecule has 0 saturated heterocycles. The zero-order valence-corrected chi connectivity index (χ0v) is 19.5. The second-order valence-electron chi connectivity index (χ2n) is 10.1. The Hall–Kier alpha value is -1.31. The van der Waals surface area contributed by atoms with Crippen molar-refractivity contribution in [3.8, 4) is 0 Å². The predicted molar refractivity (Wildman–Crippen MR) is 126 cm³/mol. The van der Waals surface area contributed by atoms with Crippen molar-refractivity contribution in [2.45, 2.75) is 104 Å². The van der Waals surface area contributed by atoms with Crippen LogP contribution >= 0.6 is 0 Å². The molecule has 30 heavy (non-hydrogen) atoms. The summed E-state index contributed by atoms with van der Waals surface area (Å²) in [4.78, 5) is 12.0. The van der Waals surface area contributed by atoms with E-state index in [1.165, 1.54) is 76.2 Å². The molecule has 2 fully saturated rings. The van der Waals surface area contributed by atoms with E-state index in [0.29, 0.717) is 12.2 Å². The van der Waals surface area contributed by atoms with E-state index in [-0.39, 0.29) is 5.97 Å². The summed E-state index contributed by atoms with van der Waals surface area (Å²) in [6, 6.07) is 8.12. The molecule has 2 aliphatic carbocycles. The highest BCUT2D eigenvalue weighted by atomic mass is 16.5. The lowest BCUT2D eigenvalue weighted by atomic mass is 9.68. The van der Waals surface area contributed by atoms with E-state index >= 15 is 0 Å². The number of unbranched alkanes of at least 4 members (excludes halogenated alkanes) is 1. The van der Waals surface area contributed by atoms with Crippen molar-refractivity contribution < 1.29 is 9.53 Å². The molecule has 2 nitrogen and oxygen atoms in total. The molecule has 2 saturated carbocycles. The quantitative estimate of drug-likeness (QED) is 0.287. The summed E-state index contributed by atoms with van der Waals surface area (Å²) in [7, 11) is 0. The Balaban J connectivity index is 1.34. The zero-order valence-electron chi connectivity index (χ0n) is 19.5. The van der Waals surface area contributed by atoms with Crippen molar-refractivity contribution in [2.24, 2.45) is 23.7 Å². The first kappa shape index (κ1) is 23.4. The molecule has 0 aromatic heterocycles. The van der Waals surface area contributed by atoms with Crippen LogP contribution in [0.1, 0.15) is 113 Å². The summed E-state index contributed by atoms with van der Waals surface area (Å²) in [6.07, 6.45) is 19.1. The molecule has 0 radical (unpaired) electrons. The topological polar surface area (TPSA) is 26.3 Å². The van der Waals surface area contributed by atoms with Gasteiger partial charge in [0.25, 0.3) is 0 Å². The van der Waals surface area contributed by atoms with Gasteiger partial charge in [0, 0.05) is 0 Å². The molecule has 2 heteroatoms. The Labute approximate surface area is 185 Å². The minimum absolute atomic E-state index is 0.183. The Morgan fingerprint density at radius 1 is 0.800 bits per heavy atom. The number of benzene rings is 1. The van der Waals surface area contributed by atoms with E-state index < -0.39 is 0 Å². The lowest BCUT2D eigenvalue weighted by Gasteiger charge is -2.38. The van der Waals surface area contributed by atoms with Crippen LogP contribution in [0.25, 0.3) is 0 Å². The third-order valence-electron chi connectivity index (χ3n) is 7.91. The first-order valence-corrected chi connectivity index (χ1v) is 13.0. The Morgan fingerprint density at radius 2 is 1.37 bits per heavy atom. The maximum absolute atomic E-state index is 12.0. The van der Waals surface area contributed by atoms with Crippen molar-refractivity contribution >= 4 is 5.97 Å². The van der Waals surface area contributed by atoms with Crippen molar-refractivity contribution in [2.75, 3.05) is 6.61 Å². The average molecular weight is 413 g/mol. The highest BCUT2D eigenvalue weighted by molar-refractivity contribution is 5.89. The zero-order chi connectivity index (χ0) is 21.2. The maximum Gasteiger partial charge on any atom is 0.338 e. The van der Waals surface area contributed by atoms with Crippen LogP contribution in [0.15, 0.2) is 24.3 Å². The molecule has 3 rings (SSSR count). The van der Waals surface area contributed by atoms with E-state index in [4.69, 9.17) is 4.74 Å². The number of hydrogen-bond donors (Lipinski definition) is 0. The first-order valence-electron chi connectivity index (χ1n) is 13.0. The number of carbonyl (C=O) groups excluding carboxylic acids is 1. The molecule has 0 unspecified atom stereocenters. The van der Waals surface area contributed by atoms with Gasteiger partial charge >= 0.3 is 5.97 Å². The third kappa shape index (κ3) is 7.13. The van der Waals surface area contributed by atoms with Gasteiger partial charge in [-0.05, 0) is 86.3 Å². The van der Waals surface area contributed by atoms with Crippen molar-refractivity contribution in [1.82, 2.24) is 0 Å². The van der Waals surface area contributed by atoms with Crippen LogP contribution < -0.4 is 0 Å². The fourth-order valence-electron chi connectivity index (χ4n) is 5.88. The van der Waals surface area contributed by atoms with Crippen molar-refractivity contribution in [3.05, 3.63) is 35.4 Å². The molecule has 168 valence electrons. The molecule has 0 amide bonds. The minimum atomic E-state index is -0.183. The molecule has 1 aromatic carbocycles. The van der Waals surface area contributed by atoms with Crippen LogP contribution in [0.4, 0.5) is 0 Å². The number of hydrogen-bond acceptors (Lipinski definition) is 2. The van der Waals surface area contributed by atoms with Crippen LogP contribution in [-0.2, 0) is 11.2 Å². The SMILES string of the molecule is CCCCOC(=O)c1ccc(CCC2CCC(C3CCC(CCC)CC3)CC2)cc1. The van der Waals surface area contributed by atoms with Gasteiger partial charge in [-0.2, -0.15) is 0 Å². The second-order valence-corrected chi connectivity index (χ2v) is 10.1. The Bertz CT molecular complexity index is 604. The standard InChI is InChI=1S/C28H44O2/c1-3-5-21-30-28(29)27-19-13-24(14-20-27)8-7-23-11-17-26(18-12-23)25-15-9-22(6-4-2)10-16-25/h13-14,19-20,22-23,25-26H,3-12,15-18,21H2,1-2H3. The van der Waals surface area contributed by atoms with Crippen LogP contribution in [-0.4, -0.2) is 12.6 Å². The maximum atomic E-state index is 12.0. The van der Waals surface area contributed by atoms with Gasteiger partial charge in [0.05, 0.1) is 12.2 Å².